The number of nitrogens with two attached hydrogens (primary N) is 1. The zero-order valence-corrected chi connectivity index (χ0v) is 10.5. The van der Waals surface area contributed by atoms with Gasteiger partial charge in [-0.25, -0.2) is 4.39 Å². The Morgan fingerprint density at radius 3 is 2.56 bits per heavy atom. The number of hydrogen-bond donors (Lipinski definition) is 1. The minimum absolute atomic E-state index is 0.254. The summed E-state index contributed by atoms with van der Waals surface area (Å²) in [4.78, 5) is 0. The first kappa shape index (κ1) is 12.6. The number of halogens is 1. The van der Waals surface area contributed by atoms with Crippen molar-refractivity contribution in [3.05, 3.63) is 53.3 Å². The predicted molar refractivity (Wildman–Crippen MR) is 71.0 cm³/mol. The van der Waals surface area contributed by atoms with Crippen molar-refractivity contribution in [1.82, 2.24) is 0 Å². The molecule has 0 aliphatic rings. The molecule has 0 atom stereocenters. The fourth-order valence-corrected chi connectivity index (χ4v) is 1.95. The summed E-state index contributed by atoms with van der Waals surface area (Å²) in [5, 5.41) is 0. The van der Waals surface area contributed by atoms with E-state index >= 15 is 0 Å². The van der Waals surface area contributed by atoms with E-state index < -0.39 is 0 Å². The second-order valence-corrected chi connectivity index (χ2v) is 4.19. The molecule has 0 fully saturated rings. The molecule has 0 saturated heterocycles. The standard InChI is InChI=1S/C15H16FNO/c1-10-7-11(3-4-12(10)9-17)14-8-13(18-2)5-6-15(14)16/h3-8H,9,17H2,1-2H3. The van der Waals surface area contributed by atoms with Gasteiger partial charge in [-0.15, -0.1) is 0 Å². The van der Waals surface area contributed by atoms with E-state index in [9.17, 15) is 4.39 Å². The van der Waals surface area contributed by atoms with Gasteiger partial charge in [0.2, 0.25) is 0 Å². The minimum Gasteiger partial charge on any atom is -0.497 e. The van der Waals surface area contributed by atoms with Crippen molar-refractivity contribution in [3.8, 4) is 16.9 Å². The van der Waals surface area contributed by atoms with E-state index in [1.54, 1.807) is 19.2 Å². The summed E-state index contributed by atoms with van der Waals surface area (Å²) in [6.07, 6.45) is 0. The molecule has 2 aromatic rings. The van der Waals surface area contributed by atoms with Crippen molar-refractivity contribution in [2.24, 2.45) is 5.73 Å². The van der Waals surface area contributed by atoms with Gasteiger partial charge in [0, 0.05) is 12.1 Å². The molecule has 0 saturated carbocycles. The molecule has 2 rings (SSSR count). The van der Waals surface area contributed by atoms with Crippen LogP contribution < -0.4 is 10.5 Å². The molecule has 0 aliphatic carbocycles. The molecule has 18 heavy (non-hydrogen) atoms. The molecule has 0 radical (unpaired) electrons. The number of methoxy groups -OCH3 is 1. The first-order valence-corrected chi connectivity index (χ1v) is 5.79. The van der Waals surface area contributed by atoms with E-state index in [1.807, 2.05) is 25.1 Å². The largest absolute Gasteiger partial charge is 0.497 e. The zero-order valence-electron chi connectivity index (χ0n) is 10.5. The van der Waals surface area contributed by atoms with Crippen LogP contribution in [-0.4, -0.2) is 7.11 Å². The number of ether oxygens (including phenoxy) is 1. The smallest absolute Gasteiger partial charge is 0.131 e. The summed E-state index contributed by atoms with van der Waals surface area (Å²) in [7, 11) is 1.57. The third kappa shape index (κ3) is 2.36. The van der Waals surface area contributed by atoms with Crippen LogP contribution >= 0.6 is 0 Å². The van der Waals surface area contributed by atoms with Crippen LogP contribution in [0.5, 0.6) is 5.75 Å². The van der Waals surface area contributed by atoms with Gasteiger partial charge in [-0.2, -0.15) is 0 Å². The number of benzene rings is 2. The SMILES string of the molecule is COc1ccc(F)c(-c2ccc(CN)c(C)c2)c1. The fourth-order valence-electron chi connectivity index (χ4n) is 1.95. The van der Waals surface area contributed by atoms with E-state index in [2.05, 4.69) is 0 Å². The van der Waals surface area contributed by atoms with Gasteiger partial charge in [0.15, 0.2) is 0 Å². The van der Waals surface area contributed by atoms with Gasteiger partial charge in [0.25, 0.3) is 0 Å². The number of rotatable bonds is 3. The maximum absolute atomic E-state index is 13.8. The minimum atomic E-state index is -0.254. The normalized spacial score (nSPS) is 10.4. The summed E-state index contributed by atoms with van der Waals surface area (Å²) < 4.78 is 18.9. The highest BCUT2D eigenvalue weighted by Crippen LogP contribution is 2.28. The van der Waals surface area contributed by atoms with Crippen LogP contribution in [0.2, 0.25) is 0 Å². The Hall–Kier alpha value is -1.87. The van der Waals surface area contributed by atoms with E-state index in [0.717, 1.165) is 16.7 Å². The highest BCUT2D eigenvalue weighted by Gasteiger charge is 2.08. The van der Waals surface area contributed by atoms with Crippen LogP contribution in [0.15, 0.2) is 36.4 Å². The van der Waals surface area contributed by atoms with Gasteiger partial charge < -0.3 is 10.5 Å². The Balaban J connectivity index is 2.51. The third-order valence-corrected chi connectivity index (χ3v) is 3.05. The molecule has 0 spiro atoms. The molecular formula is C15H16FNO. The van der Waals surface area contributed by atoms with Gasteiger partial charge in [-0.05, 0) is 41.8 Å². The van der Waals surface area contributed by atoms with Gasteiger partial charge in [-0.1, -0.05) is 18.2 Å². The Bertz CT molecular complexity index is 566. The van der Waals surface area contributed by atoms with Crippen molar-refractivity contribution < 1.29 is 9.13 Å². The molecule has 2 aromatic carbocycles. The lowest BCUT2D eigenvalue weighted by Gasteiger charge is -2.09. The number of aryl methyl sites for hydroxylation is 1. The highest BCUT2D eigenvalue weighted by molar-refractivity contribution is 5.67. The lowest BCUT2D eigenvalue weighted by atomic mass is 9.99. The molecule has 2 N–H and O–H groups in total. The second kappa shape index (κ2) is 5.19. The number of hydrogen-bond acceptors (Lipinski definition) is 2. The lowest BCUT2D eigenvalue weighted by molar-refractivity contribution is 0.414. The molecule has 3 heteroatoms. The molecule has 0 aromatic heterocycles. The van der Waals surface area contributed by atoms with E-state index in [1.165, 1.54) is 6.07 Å². The first-order valence-electron chi connectivity index (χ1n) is 5.79. The van der Waals surface area contributed by atoms with Crippen LogP contribution in [0.4, 0.5) is 4.39 Å². The molecule has 94 valence electrons. The van der Waals surface area contributed by atoms with Crippen LogP contribution in [0.25, 0.3) is 11.1 Å². The summed E-state index contributed by atoms with van der Waals surface area (Å²) in [6, 6.07) is 10.5. The second-order valence-electron chi connectivity index (χ2n) is 4.19. The maximum atomic E-state index is 13.8. The third-order valence-electron chi connectivity index (χ3n) is 3.05. The van der Waals surface area contributed by atoms with Crippen molar-refractivity contribution in [2.75, 3.05) is 7.11 Å². The highest BCUT2D eigenvalue weighted by atomic mass is 19.1. The van der Waals surface area contributed by atoms with E-state index in [-0.39, 0.29) is 5.82 Å². The Morgan fingerprint density at radius 1 is 1.17 bits per heavy atom. The van der Waals surface area contributed by atoms with E-state index in [0.29, 0.717) is 17.9 Å². The zero-order chi connectivity index (χ0) is 13.1. The lowest BCUT2D eigenvalue weighted by Crippen LogP contribution is -1.99. The van der Waals surface area contributed by atoms with Crippen LogP contribution in [0.3, 0.4) is 0 Å². The van der Waals surface area contributed by atoms with Crippen LogP contribution in [0.1, 0.15) is 11.1 Å². The average molecular weight is 245 g/mol. The molecule has 2 nitrogen and oxygen atoms in total. The summed E-state index contributed by atoms with van der Waals surface area (Å²) in [6.45, 7) is 2.47. The molecule has 0 aliphatic heterocycles. The van der Waals surface area contributed by atoms with Crippen molar-refractivity contribution in [3.63, 3.8) is 0 Å². The predicted octanol–water partition coefficient (Wildman–Crippen LogP) is 3.27. The summed E-state index contributed by atoms with van der Waals surface area (Å²) in [5.74, 6) is 0.391. The Kier molecular flexibility index (Phi) is 3.63. The van der Waals surface area contributed by atoms with Crippen LogP contribution in [-0.2, 0) is 6.54 Å². The fraction of sp³-hybridized carbons (Fsp3) is 0.200. The summed E-state index contributed by atoms with van der Waals surface area (Å²) in [5.41, 5.74) is 9.14. The Labute approximate surface area is 106 Å². The molecule has 0 unspecified atom stereocenters. The quantitative estimate of drug-likeness (QED) is 0.900. The van der Waals surface area contributed by atoms with E-state index in [4.69, 9.17) is 10.5 Å². The molecule has 0 amide bonds. The van der Waals surface area contributed by atoms with Crippen LogP contribution in [0, 0.1) is 12.7 Å². The van der Waals surface area contributed by atoms with Gasteiger partial charge in [0.05, 0.1) is 7.11 Å². The average Bonchev–Trinajstić information content (AvgIpc) is 2.39. The molecule has 0 heterocycles. The van der Waals surface area contributed by atoms with Gasteiger partial charge in [-0.3, -0.25) is 0 Å². The topological polar surface area (TPSA) is 35.2 Å². The Morgan fingerprint density at radius 2 is 1.94 bits per heavy atom. The molecule has 0 bridgehead atoms. The first-order chi connectivity index (χ1) is 8.65. The molecular weight excluding hydrogens is 229 g/mol. The monoisotopic (exact) mass is 245 g/mol. The van der Waals surface area contributed by atoms with Crippen molar-refractivity contribution in [2.45, 2.75) is 13.5 Å². The van der Waals surface area contributed by atoms with Crippen molar-refractivity contribution in [1.29, 1.82) is 0 Å². The maximum Gasteiger partial charge on any atom is 0.131 e. The van der Waals surface area contributed by atoms with Gasteiger partial charge >= 0.3 is 0 Å². The van der Waals surface area contributed by atoms with Gasteiger partial charge in [0.1, 0.15) is 11.6 Å². The summed E-state index contributed by atoms with van der Waals surface area (Å²) >= 11 is 0. The van der Waals surface area contributed by atoms with Crippen molar-refractivity contribution >= 4 is 0 Å².